The van der Waals surface area contributed by atoms with Crippen molar-refractivity contribution in [3.05, 3.63) is 58.6 Å². The first-order valence-corrected chi connectivity index (χ1v) is 8.93. The molecule has 1 aromatic carbocycles. The van der Waals surface area contributed by atoms with Crippen molar-refractivity contribution in [1.29, 1.82) is 0 Å². The number of hydrogen-bond donors (Lipinski definition) is 2. The molecule has 0 bridgehead atoms. The summed E-state index contributed by atoms with van der Waals surface area (Å²) < 4.78 is 0. The monoisotopic (exact) mass is 367 g/mol. The van der Waals surface area contributed by atoms with Crippen LogP contribution in [0.5, 0.6) is 0 Å². The van der Waals surface area contributed by atoms with Crippen LogP contribution in [0, 0.1) is 6.92 Å². The lowest BCUT2D eigenvalue weighted by molar-refractivity contribution is -0.131. The zero-order chi connectivity index (χ0) is 18.7. The zero-order valence-electron chi connectivity index (χ0n) is 14.3. The van der Waals surface area contributed by atoms with E-state index in [-0.39, 0.29) is 5.56 Å². The summed E-state index contributed by atoms with van der Waals surface area (Å²) in [6, 6.07) is 10.2. The number of benzene rings is 1. The van der Waals surface area contributed by atoms with Crippen LogP contribution in [0.3, 0.4) is 0 Å². The van der Waals surface area contributed by atoms with Crippen LogP contribution in [0.1, 0.15) is 28.5 Å². The SMILES string of the molecule is CCc1c(C)nc(-c2cccs2)nc1Nc1ccc(C(=O)C(=O)O)cc1. The molecule has 0 spiro atoms. The number of nitrogens with one attached hydrogen (secondary N) is 1. The zero-order valence-corrected chi connectivity index (χ0v) is 15.1. The fraction of sp³-hybridized carbons (Fsp3) is 0.158. The number of aryl methyl sites for hydroxylation is 1. The maximum Gasteiger partial charge on any atom is 0.377 e. The number of carbonyl (C=O) groups excluding carboxylic acids is 1. The van der Waals surface area contributed by atoms with E-state index in [9.17, 15) is 9.59 Å². The minimum absolute atomic E-state index is 0.136. The number of nitrogens with zero attached hydrogens (tertiary/aromatic N) is 2. The van der Waals surface area contributed by atoms with Crippen LogP contribution in [-0.4, -0.2) is 26.8 Å². The van der Waals surface area contributed by atoms with Crippen molar-refractivity contribution in [1.82, 2.24) is 9.97 Å². The highest BCUT2D eigenvalue weighted by Gasteiger charge is 2.15. The number of carboxylic acid groups (broad SMARTS) is 1. The Labute approximate surface area is 154 Å². The molecular weight excluding hydrogens is 350 g/mol. The number of thiophene rings is 1. The van der Waals surface area contributed by atoms with E-state index in [0.717, 1.165) is 28.2 Å². The van der Waals surface area contributed by atoms with Gasteiger partial charge in [0, 0.05) is 22.5 Å². The van der Waals surface area contributed by atoms with Gasteiger partial charge in [-0.1, -0.05) is 13.0 Å². The first-order chi connectivity index (χ1) is 12.5. The van der Waals surface area contributed by atoms with Crippen molar-refractivity contribution in [2.75, 3.05) is 5.32 Å². The van der Waals surface area contributed by atoms with E-state index in [1.54, 1.807) is 23.5 Å². The highest BCUT2D eigenvalue weighted by molar-refractivity contribution is 7.13. The van der Waals surface area contributed by atoms with E-state index < -0.39 is 11.8 Å². The van der Waals surface area contributed by atoms with Gasteiger partial charge in [0.1, 0.15) is 5.82 Å². The smallest absolute Gasteiger partial charge is 0.377 e. The van der Waals surface area contributed by atoms with Gasteiger partial charge in [-0.3, -0.25) is 4.79 Å². The number of rotatable bonds is 6. The summed E-state index contributed by atoms with van der Waals surface area (Å²) in [4.78, 5) is 32.5. The lowest BCUT2D eigenvalue weighted by Gasteiger charge is -2.13. The Balaban J connectivity index is 1.93. The van der Waals surface area contributed by atoms with E-state index >= 15 is 0 Å². The second-order valence-electron chi connectivity index (χ2n) is 5.63. The van der Waals surface area contributed by atoms with Crippen molar-refractivity contribution < 1.29 is 14.7 Å². The number of ketones is 1. The molecule has 2 heterocycles. The molecule has 0 aliphatic heterocycles. The summed E-state index contributed by atoms with van der Waals surface area (Å²) in [7, 11) is 0. The van der Waals surface area contributed by atoms with Crippen molar-refractivity contribution in [2.24, 2.45) is 0 Å². The largest absolute Gasteiger partial charge is 0.475 e. The van der Waals surface area contributed by atoms with Gasteiger partial charge in [0.25, 0.3) is 5.78 Å². The van der Waals surface area contributed by atoms with Gasteiger partial charge < -0.3 is 10.4 Å². The number of carboxylic acids is 1. The third-order valence-corrected chi connectivity index (χ3v) is 4.78. The molecular formula is C19H17N3O3S. The van der Waals surface area contributed by atoms with E-state index in [4.69, 9.17) is 5.11 Å². The number of hydrogen-bond acceptors (Lipinski definition) is 6. The topological polar surface area (TPSA) is 92.2 Å². The van der Waals surface area contributed by atoms with Gasteiger partial charge in [0.15, 0.2) is 5.82 Å². The van der Waals surface area contributed by atoms with Gasteiger partial charge in [-0.15, -0.1) is 11.3 Å². The number of carbonyl (C=O) groups is 2. The van der Waals surface area contributed by atoms with Crippen LogP contribution in [0.25, 0.3) is 10.7 Å². The molecule has 2 N–H and O–H groups in total. The molecule has 3 aromatic rings. The summed E-state index contributed by atoms with van der Waals surface area (Å²) in [5.41, 5.74) is 2.77. The second kappa shape index (κ2) is 7.45. The lowest BCUT2D eigenvalue weighted by atomic mass is 10.1. The van der Waals surface area contributed by atoms with Crippen LogP contribution in [0.2, 0.25) is 0 Å². The molecule has 0 fully saturated rings. The Bertz CT molecular complexity index is 951. The molecule has 3 rings (SSSR count). The van der Waals surface area contributed by atoms with Gasteiger partial charge in [-0.2, -0.15) is 0 Å². The predicted octanol–water partition coefficient (Wildman–Crippen LogP) is 4.09. The molecule has 7 heteroatoms. The fourth-order valence-corrected chi connectivity index (χ4v) is 3.26. The number of aliphatic carboxylic acids is 1. The molecule has 0 aliphatic carbocycles. The maximum absolute atomic E-state index is 11.5. The Morgan fingerprint density at radius 1 is 1.15 bits per heavy atom. The normalized spacial score (nSPS) is 10.5. The molecule has 0 unspecified atom stereocenters. The second-order valence-corrected chi connectivity index (χ2v) is 6.57. The average molecular weight is 367 g/mol. The van der Waals surface area contributed by atoms with Gasteiger partial charge in [0.05, 0.1) is 4.88 Å². The first-order valence-electron chi connectivity index (χ1n) is 8.05. The van der Waals surface area contributed by atoms with Crippen molar-refractivity contribution in [3.63, 3.8) is 0 Å². The predicted molar refractivity (Wildman–Crippen MR) is 101 cm³/mol. The van der Waals surface area contributed by atoms with Crippen LogP contribution < -0.4 is 5.32 Å². The minimum Gasteiger partial charge on any atom is -0.475 e. The van der Waals surface area contributed by atoms with Crippen molar-refractivity contribution in [3.8, 4) is 10.7 Å². The Morgan fingerprint density at radius 2 is 1.88 bits per heavy atom. The molecule has 6 nitrogen and oxygen atoms in total. The number of aromatic nitrogens is 2. The van der Waals surface area contributed by atoms with E-state index in [1.807, 2.05) is 31.4 Å². The van der Waals surface area contributed by atoms with Gasteiger partial charge in [-0.05, 0) is 49.1 Å². The van der Waals surface area contributed by atoms with Crippen molar-refractivity contribution >= 4 is 34.6 Å². The molecule has 0 saturated carbocycles. The maximum atomic E-state index is 11.5. The molecule has 0 atom stereocenters. The van der Waals surface area contributed by atoms with Gasteiger partial charge in [-0.25, -0.2) is 14.8 Å². The molecule has 26 heavy (non-hydrogen) atoms. The number of Topliss-reactive ketones (excluding diaryl/α,β-unsaturated/α-hetero) is 1. The Morgan fingerprint density at radius 3 is 2.46 bits per heavy atom. The van der Waals surface area contributed by atoms with Gasteiger partial charge >= 0.3 is 5.97 Å². The molecule has 2 aromatic heterocycles. The van der Waals surface area contributed by atoms with E-state index in [2.05, 4.69) is 15.3 Å². The van der Waals surface area contributed by atoms with E-state index in [1.165, 1.54) is 12.1 Å². The molecule has 0 amide bonds. The Hall–Kier alpha value is -3.06. The summed E-state index contributed by atoms with van der Waals surface area (Å²) in [6.45, 7) is 3.99. The molecule has 0 saturated heterocycles. The summed E-state index contributed by atoms with van der Waals surface area (Å²) in [6.07, 6.45) is 0.772. The molecule has 0 radical (unpaired) electrons. The lowest BCUT2D eigenvalue weighted by Crippen LogP contribution is -2.12. The van der Waals surface area contributed by atoms with Crippen LogP contribution in [0.15, 0.2) is 41.8 Å². The quantitative estimate of drug-likeness (QED) is 0.504. The third-order valence-electron chi connectivity index (χ3n) is 3.91. The highest BCUT2D eigenvalue weighted by atomic mass is 32.1. The molecule has 0 aliphatic rings. The highest BCUT2D eigenvalue weighted by Crippen LogP contribution is 2.27. The third kappa shape index (κ3) is 3.62. The molecule has 132 valence electrons. The van der Waals surface area contributed by atoms with Crippen LogP contribution in [0.4, 0.5) is 11.5 Å². The number of anilines is 2. The van der Waals surface area contributed by atoms with Gasteiger partial charge in [0.2, 0.25) is 0 Å². The Kier molecular flexibility index (Phi) is 5.09. The van der Waals surface area contributed by atoms with Crippen LogP contribution in [-0.2, 0) is 11.2 Å². The minimum atomic E-state index is -1.47. The first kappa shape index (κ1) is 17.8. The van der Waals surface area contributed by atoms with Crippen molar-refractivity contribution in [2.45, 2.75) is 20.3 Å². The average Bonchev–Trinajstić information content (AvgIpc) is 3.16. The summed E-state index contributed by atoms with van der Waals surface area (Å²) in [5, 5.41) is 14.0. The van der Waals surface area contributed by atoms with Crippen LogP contribution >= 0.6 is 11.3 Å². The summed E-state index contributed by atoms with van der Waals surface area (Å²) >= 11 is 1.58. The van der Waals surface area contributed by atoms with E-state index in [0.29, 0.717) is 11.6 Å². The summed E-state index contributed by atoms with van der Waals surface area (Å²) in [5.74, 6) is -1.02. The standard InChI is InChI=1S/C19H17N3O3S/c1-3-14-11(2)20-18(15-5-4-10-26-15)22-17(14)21-13-8-6-12(7-9-13)16(23)19(24)25/h4-10H,3H2,1-2H3,(H,24,25)(H,20,21,22). The fourth-order valence-electron chi connectivity index (χ4n) is 2.60.